The van der Waals surface area contributed by atoms with Crippen molar-refractivity contribution in [2.45, 2.75) is 52.3 Å². The highest BCUT2D eigenvalue weighted by atomic mass is 16.5. The first-order valence-electron chi connectivity index (χ1n) is 10.0. The number of fused-ring (bicyclic) bond motifs is 1. The van der Waals surface area contributed by atoms with Gasteiger partial charge in [-0.2, -0.15) is 0 Å². The molecule has 2 aromatic rings. The summed E-state index contributed by atoms with van der Waals surface area (Å²) < 4.78 is 7.63. The molecular weight excluding hydrogens is 354 g/mol. The predicted octanol–water partition coefficient (Wildman–Crippen LogP) is 2.29. The van der Waals surface area contributed by atoms with Crippen LogP contribution >= 0.6 is 0 Å². The van der Waals surface area contributed by atoms with Crippen LogP contribution in [-0.4, -0.2) is 51.8 Å². The number of benzene rings is 1. The Morgan fingerprint density at radius 1 is 1.32 bits per heavy atom. The maximum atomic E-state index is 13.1. The molecule has 7 nitrogen and oxygen atoms in total. The highest BCUT2D eigenvalue weighted by molar-refractivity contribution is 5.84. The molecule has 1 N–H and O–H groups in total. The quantitative estimate of drug-likeness (QED) is 0.755. The molecule has 2 heterocycles. The Morgan fingerprint density at radius 3 is 2.75 bits per heavy atom. The van der Waals surface area contributed by atoms with E-state index in [0.717, 1.165) is 25.5 Å². The molecule has 0 saturated carbocycles. The molecule has 1 aliphatic rings. The number of nitrogens with one attached hydrogen (secondary N) is 1. The summed E-state index contributed by atoms with van der Waals surface area (Å²) in [7, 11) is 0. The van der Waals surface area contributed by atoms with Crippen molar-refractivity contribution in [3.8, 4) is 0 Å². The van der Waals surface area contributed by atoms with E-state index in [4.69, 9.17) is 4.74 Å². The third-order valence-corrected chi connectivity index (χ3v) is 5.28. The van der Waals surface area contributed by atoms with Gasteiger partial charge in [-0.15, -0.1) is 10.2 Å². The van der Waals surface area contributed by atoms with Crippen LogP contribution in [0.5, 0.6) is 0 Å². The van der Waals surface area contributed by atoms with E-state index in [1.165, 1.54) is 5.56 Å². The fourth-order valence-electron chi connectivity index (χ4n) is 3.62. The number of hydrogen-bond donors (Lipinski definition) is 1. The van der Waals surface area contributed by atoms with Crippen LogP contribution in [0.4, 0.5) is 0 Å². The van der Waals surface area contributed by atoms with Crippen LogP contribution in [0.15, 0.2) is 30.3 Å². The summed E-state index contributed by atoms with van der Waals surface area (Å²) >= 11 is 0. The summed E-state index contributed by atoms with van der Waals surface area (Å²) in [5.74, 6) is 1.68. The van der Waals surface area contributed by atoms with E-state index in [2.05, 4.69) is 65.5 Å². The smallest absolute Gasteiger partial charge is 0.248 e. The monoisotopic (exact) mass is 385 g/mol. The van der Waals surface area contributed by atoms with Crippen LogP contribution in [-0.2, 0) is 28.2 Å². The van der Waals surface area contributed by atoms with Crippen molar-refractivity contribution in [2.24, 2.45) is 0 Å². The third-order valence-electron chi connectivity index (χ3n) is 5.28. The van der Waals surface area contributed by atoms with E-state index >= 15 is 0 Å². The van der Waals surface area contributed by atoms with Crippen molar-refractivity contribution in [1.82, 2.24) is 25.0 Å². The first kappa shape index (κ1) is 20.5. The Hall–Kier alpha value is -2.25. The number of aromatic nitrogens is 3. The van der Waals surface area contributed by atoms with Crippen LogP contribution in [0.1, 0.15) is 50.8 Å². The van der Waals surface area contributed by atoms with Crippen LogP contribution in [0.25, 0.3) is 0 Å². The molecule has 0 saturated heterocycles. The summed E-state index contributed by atoms with van der Waals surface area (Å²) in [6.07, 6.45) is 0. The van der Waals surface area contributed by atoms with Crippen LogP contribution < -0.4 is 5.32 Å². The minimum atomic E-state index is -0.826. The van der Waals surface area contributed by atoms with E-state index < -0.39 is 5.54 Å². The number of rotatable bonds is 8. The van der Waals surface area contributed by atoms with Gasteiger partial charge >= 0.3 is 0 Å². The zero-order valence-corrected chi connectivity index (χ0v) is 17.3. The van der Waals surface area contributed by atoms with E-state index in [-0.39, 0.29) is 11.8 Å². The number of carbonyl (C=O) groups is 1. The maximum Gasteiger partial charge on any atom is 0.248 e. The fraction of sp³-hybridized carbons (Fsp3) is 0.571. The van der Waals surface area contributed by atoms with Gasteiger partial charge in [-0.25, -0.2) is 0 Å². The lowest BCUT2D eigenvalue weighted by molar-refractivity contribution is -0.135. The first-order chi connectivity index (χ1) is 13.5. The second kappa shape index (κ2) is 8.84. The molecule has 1 aromatic carbocycles. The molecule has 0 fully saturated rings. The van der Waals surface area contributed by atoms with Gasteiger partial charge in [-0.3, -0.25) is 14.3 Å². The summed E-state index contributed by atoms with van der Waals surface area (Å²) in [4.78, 5) is 15.4. The second-order valence-corrected chi connectivity index (χ2v) is 7.84. The fourth-order valence-corrected chi connectivity index (χ4v) is 3.62. The number of hydrogen-bond acceptors (Lipinski definition) is 5. The lowest BCUT2D eigenvalue weighted by atomic mass is 9.99. The lowest BCUT2D eigenvalue weighted by Crippen LogP contribution is -2.54. The molecule has 7 heteroatoms. The number of ether oxygens (including phenoxy) is 1. The summed E-state index contributed by atoms with van der Waals surface area (Å²) in [5.41, 5.74) is 0.451. The number of likely N-dealkylation sites (N-methyl/N-ethyl adjacent to an activating group) is 1. The molecule has 0 bridgehead atoms. The number of amides is 1. The molecule has 1 atom stereocenters. The van der Waals surface area contributed by atoms with Gasteiger partial charge in [0.05, 0.1) is 6.61 Å². The van der Waals surface area contributed by atoms with Gasteiger partial charge < -0.3 is 10.1 Å². The predicted molar refractivity (Wildman–Crippen MR) is 108 cm³/mol. The van der Waals surface area contributed by atoms with E-state index in [0.29, 0.717) is 25.6 Å². The molecule has 152 valence electrons. The molecule has 0 spiro atoms. The number of nitrogens with zero attached hydrogens (tertiary/aromatic N) is 4. The standard InChI is InChI=1S/C21H31N5O2/c1-5-25(13-17-9-7-6-8-10-17)12-11-22-20(27)21(4)15-28-14-18-23-24-19(16(2)3)26(18)21/h6-10,16H,5,11-15H2,1-4H3,(H,22,27). The molecule has 1 aromatic heterocycles. The van der Waals surface area contributed by atoms with E-state index in [1.807, 2.05) is 17.6 Å². The Morgan fingerprint density at radius 2 is 2.07 bits per heavy atom. The topological polar surface area (TPSA) is 72.3 Å². The molecule has 1 unspecified atom stereocenters. The van der Waals surface area contributed by atoms with Gasteiger partial charge in [0.15, 0.2) is 5.82 Å². The summed E-state index contributed by atoms with van der Waals surface area (Å²) in [5, 5.41) is 11.6. The minimum absolute atomic E-state index is 0.0501. The molecule has 1 amide bonds. The van der Waals surface area contributed by atoms with Gasteiger partial charge in [0.25, 0.3) is 0 Å². The molecule has 28 heavy (non-hydrogen) atoms. The van der Waals surface area contributed by atoms with E-state index in [9.17, 15) is 4.79 Å². The van der Waals surface area contributed by atoms with Crippen molar-refractivity contribution >= 4 is 5.91 Å². The van der Waals surface area contributed by atoms with Gasteiger partial charge in [-0.1, -0.05) is 51.1 Å². The van der Waals surface area contributed by atoms with Crippen molar-refractivity contribution < 1.29 is 9.53 Å². The Labute approximate surface area is 167 Å². The molecule has 0 aliphatic carbocycles. The molecule has 3 rings (SSSR count). The molecule has 0 radical (unpaired) electrons. The highest BCUT2D eigenvalue weighted by Crippen LogP contribution is 2.29. The Kier molecular flexibility index (Phi) is 6.46. The number of carbonyl (C=O) groups excluding carboxylic acids is 1. The van der Waals surface area contributed by atoms with Crippen molar-refractivity contribution in [2.75, 3.05) is 26.2 Å². The van der Waals surface area contributed by atoms with Crippen molar-refractivity contribution in [3.63, 3.8) is 0 Å². The third kappa shape index (κ3) is 4.25. The first-order valence-corrected chi connectivity index (χ1v) is 10.0. The van der Waals surface area contributed by atoms with Crippen molar-refractivity contribution in [3.05, 3.63) is 47.5 Å². The normalized spacial score (nSPS) is 19.1. The van der Waals surface area contributed by atoms with Gasteiger partial charge in [-0.05, 0) is 19.0 Å². The van der Waals surface area contributed by atoms with Gasteiger partial charge in [0, 0.05) is 25.6 Å². The van der Waals surface area contributed by atoms with Gasteiger partial charge in [0.1, 0.15) is 18.0 Å². The second-order valence-electron chi connectivity index (χ2n) is 7.84. The van der Waals surface area contributed by atoms with Crippen molar-refractivity contribution in [1.29, 1.82) is 0 Å². The Balaban J connectivity index is 1.63. The van der Waals surface area contributed by atoms with E-state index in [1.54, 1.807) is 0 Å². The molecule has 1 aliphatic heterocycles. The zero-order valence-electron chi connectivity index (χ0n) is 17.3. The summed E-state index contributed by atoms with van der Waals surface area (Å²) in [6.45, 7) is 12.1. The minimum Gasteiger partial charge on any atom is -0.370 e. The van der Waals surface area contributed by atoms with Crippen LogP contribution in [0, 0.1) is 0 Å². The lowest BCUT2D eigenvalue weighted by Gasteiger charge is -2.35. The zero-order chi connectivity index (χ0) is 20.1. The SMILES string of the molecule is CCN(CCNC(=O)C1(C)COCc2nnc(C(C)C)n21)Cc1ccccc1. The average molecular weight is 386 g/mol. The van der Waals surface area contributed by atoms with Gasteiger partial charge in [0.2, 0.25) is 5.91 Å². The molecular formula is C21H31N5O2. The highest BCUT2D eigenvalue weighted by Gasteiger charge is 2.42. The Bertz CT molecular complexity index is 789. The van der Waals surface area contributed by atoms with Crippen LogP contribution in [0.3, 0.4) is 0 Å². The van der Waals surface area contributed by atoms with Crippen LogP contribution in [0.2, 0.25) is 0 Å². The largest absolute Gasteiger partial charge is 0.370 e. The maximum absolute atomic E-state index is 13.1. The summed E-state index contributed by atoms with van der Waals surface area (Å²) in [6, 6.07) is 10.4. The average Bonchev–Trinajstić information content (AvgIpc) is 3.14.